The van der Waals surface area contributed by atoms with Gasteiger partial charge in [0, 0.05) is 6.42 Å². The first-order valence-electron chi connectivity index (χ1n) is 4.06. The Balaban J connectivity index is 2.64. The maximum atomic E-state index is 5.86. The van der Waals surface area contributed by atoms with E-state index in [1.165, 1.54) is 0 Å². The van der Waals surface area contributed by atoms with Gasteiger partial charge < -0.3 is 0 Å². The lowest BCUT2D eigenvalue weighted by Crippen LogP contribution is -1.92. The van der Waals surface area contributed by atoms with Gasteiger partial charge in [-0.05, 0) is 12.8 Å². The van der Waals surface area contributed by atoms with Gasteiger partial charge in [-0.25, -0.2) is 0 Å². The fourth-order valence-corrected chi connectivity index (χ4v) is 2.02. The summed E-state index contributed by atoms with van der Waals surface area (Å²) in [5.74, 6) is 0.636. The van der Waals surface area contributed by atoms with Crippen molar-refractivity contribution in [2.45, 2.75) is 32.6 Å². The van der Waals surface area contributed by atoms with Gasteiger partial charge in [-0.1, -0.05) is 25.2 Å². The number of hydrogen-bond donors (Lipinski definition) is 0. The lowest BCUT2D eigenvalue weighted by molar-refractivity contribution is 0.639. The summed E-state index contributed by atoms with van der Waals surface area (Å²) in [6, 6.07) is 0. The summed E-state index contributed by atoms with van der Waals surface area (Å²) in [4.78, 5) is 0. The first kappa shape index (κ1) is 9.93. The zero-order valence-corrected chi connectivity index (χ0v) is 9.11. The molecule has 0 aliphatic heterocycles. The van der Waals surface area contributed by atoms with Crippen LogP contribution in [0.5, 0.6) is 0 Å². The highest BCUT2D eigenvalue weighted by Gasteiger charge is 2.09. The molecule has 0 saturated heterocycles. The molecule has 4 heteroatoms. The highest BCUT2D eigenvalue weighted by atomic mass is 35.5. The zero-order valence-electron chi connectivity index (χ0n) is 7.54. The summed E-state index contributed by atoms with van der Waals surface area (Å²) in [6.45, 7) is 6.26. The Morgan fingerprint density at radius 1 is 1.33 bits per heavy atom. The number of hydrogen-bond acceptors (Lipinski definition) is 3. The summed E-state index contributed by atoms with van der Waals surface area (Å²) in [6.07, 6.45) is 1.00. The molecule has 0 aromatic carbocycles. The third-order valence-electron chi connectivity index (χ3n) is 1.41. The molecular weight excluding hydrogens is 192 g/mol. The predicted molar refractivity (Wildman–Crippen MR) is 52.7 cm³/mol. The van der Waals surface area contributed by atoms with Crippen molar-refractivity contribution in [1.82, 2.24) is 10.2 Å². The minimum Gasteiger partial charge on any atom is -0.143 e. The van der Waals surface area contributed by atoms with Crippen molar-refractivity contribution in [1.29, 1.82) is 0 Å². The molecule has 1 unspecified atom stereocenters. The highest BCUT2D eigenvalue weighted by Crippen LogP contribution is 2.23. The third kappa shape index (κ3) is 2.72. The molecule has 0 aliphatic rings. The van der Waals surface area contributed by atoms with Crippen molar-refractivity contribution < 1.29 is 0 Å². The van der Waals surface area contributed by atoms with E-state index in [1.54, 1.807) is 11.3 Å². The van der Waals surface area contributed by atoms with Gasteiger partial charge >= 0.3 is 0 Å². The van der Waals surface area contributed by atoms with Crippen molar-refractivity contribution in [3.05, 3.63) is 10.0 Å². The molecule has 0 spiro atoms. The normalized spacial score (nSPS) is 13.8. The lowest BCUT2D eigenvalue weighted by Gasteiger charge is -1.97. The van der Waals surface area contributed by atoms with Crippen LogP contribution in [0.25, 0.3) is 0 Å². The van der Waals surface area contributed by atoms with Crippen molar-refractivity contribution in [2.24, 2.45) is 5.92 Å². The molecule has 1 aromatic heterocycles. The number of rotatable bonds is 3. The van der Waals surface area contributed by atoms with Crippen molar-refractivity contribution in [3.8, 4) is 0 Å². The Kier molecular flexibility index (Phi) is 3.47. The fourth-order valence-electron chi connectivity index (χ4n) is 0.859. The van der Waals surface area contributed by atoms with Gasteiger partial charge in [0.15, 0.2) is 0 Å². The molecule has 0 radical (unpaired) electrons. The van der Waals surface area contributed by atoms with Gasteiger partial charge in [0.1, 0.15) is 10.0 Å². The molecule has 0 N–H and O–H groups in total. The maximum Gasteiger partial charge on any atom is 0.135 e. The van der Waals surface area contributed by atoms with Gasteiger partial charge in [0.25, 0.3) is 0 Å². The van der Waals surface area contributed by atoms with Gasteiger partial charge in [0.2, 0.25) is 0 Å². The Morgan fingerprint density at radius 2 is 2.00 bits per heavy atom. The summed E-state index contributed by atoms with van der Waals surface area (Å²) < 4.78 is 0. The molecule has 0 amide bonds. The van der Waals surface area contributed by atoms with Crippen LogP contribution >= 0.6 is 22.9 Å². The SMILES string of the molecule is CC(C)Cc1nnc(C(C)Cl)s1. The molecule has 1 atom stereocenters. The van der Waals surface area contributed by atoms with Crippen LogP contribution in [0.4, 0.5) is 0 Å². The van der Waals surface area contributed by atoms with Gasteiger partial charge in [-0.2, -0.15) is 0 Å². The van der Waals surface area contributed by atoms with E-state index in [0.29, 0.717) is 5.92 Å². The Labute approximate surface area is 82.0 Å². The van der Waals surface area contributed by atoms with E-state index >= 15 is 0 Å². The van der Waals surface area contributed by atoms with Crippen LogP contribution in [-0.4, -0.2) is 10.2 Å². The maximum absolute atomic E-state index is 5.86. The second-order valence-corrected chi connectivity index (χ2v) is 5.00. The molecule has 12 heavy (non-hydrogen) atoms. The second kappa shape index (κ2) is 4.19. The fraction of sp³-hybridized carbons (Fsp3) is 0.750. The van der Waals surface area contributed by atoms with Gasteiger partial charge in [0.05, 0.1) is 5.38 Å². The molecule has 0 bridgehead atoms. The monoisotopic (exact) mass is 204 g/mol. The average Bonchev–Trinajstić information content (AvgIpc) is 2.34. The second-order valence-electron chi connectivity index (χ2n) is 3.25. The average molecular weight is 205 g/mol. The van der Waals surface area contributed by atoms with E-state index in [0.717, 1.165) is 16.4 Å². The van der Waals surface area contributed by atoms with E-state index in [2.05, 4.69) is 24.0 Å². The van der Waals surface area contributed by atoms with Gasteiger partial charge in [-0.15, -0.1) is 21.8 Å². The van der Waals surface area contributed by atoms with Crippen LogP contribution in [-0.2, 0) is 6.42 Å². The van der Waals surface area contributed by atoms with E-state index < -0.39 is 0 Å². The predicted octanol–water partition coefficient (Wildman–Crippen LogP) is 3.04. The summed E-state index contributed by atoms with van der Waals surface area (Å²) in [7, 11) is 0. The molecule has 0 fully saturated rings. The topological polar surface area (TPSA) is 25.8 Å². The van der Waals surface area contributed by atoms with Crippen molar-refractivity contribution >= 4 is 22.9 Å². The van der Waals surface area contributed by atoms with Crippen LogP contribution in [0.2, 0.25) is 0 Å². The number of nitrogens with zero attached hydrogens (tertiary/aromatic N) is 2. The molecular formula is C8H13ClN2S. The van der Waals surface area contributed by atoms with E-state index in [-0.39, 0.29) is 5.38 Å². The first-order valence-corrected chi connectivity index (χ1v) is 5.31. The third-order valence-corrected chi connectivity index (χ3v) is 2.87. The van der Waals surface area contributed by atoms with Crippen LogP contribution < -0.4 is 0 Å². The minimum atomic E-state index is -0.0107. The smallest absolute Gasteiger partial charge is 0.135 e. The van der Waals surface area contributed by atoms with E-state index in [9.17, 15) is 0 Å². The molecule has 0 aliphatic carbocycles. The highest BCUT2D eigenvalue weighted by molar-refractivity contribution is 7.11. The van der Waals surface area contributed by atoms with Gasteiger partial charge in [-0.3, -0.25) is 0 Å². The van der Waals surface area contributed by atoms with E-state index in [1.807, 2.05) is 6.92 Å². The number of halogens is 1. The number of alkyl halides is 1. The molecule has 1 rings (SSSR count). The Morgan fingerprint density at radius 3 is 2.42 bits per heavy atom. The largest absolute Gasteiger partial charge is 0.143 e. The zero-order chi connectivity index (χ0) is 9.14. The number of aromatic nitrogens is 2. The quantitative estimate of drug-likeness (QED) is 0.708. The Bertz CT molecular complexity index is 245. The first-order chi connectivity index (χ1) is 5.59. The lowest BCUT2D eigenvalue weighted by atomic mass is 10.1. The van der Waals surface area contributed by atoms with Crippen LogP contribution in [0.15, 0.2) is 0 Å². The Hall–Kier alpha value is -0.150. The molecule has 2 nitrogen and oxygen atoms in total. The summed E-state index contributed by atoms with van der Waals surface area (Å²) in [5, 5.41) is 10.1. The standard InChI is InChI=1S/C8H13ClN2S/c1-5(2)4-7-10-11-8(12-7)6(3)9/h5-6H,4H2,1-3H3. The molecule has 1 heterocycles. The van der Waals surface area contributed by atoms with Crippen molar-refractivity contribution in [3.63, 3.8) is 0 Å². The van der Waals surface area contributed by atoms with Crippen LogP contribution in [0.3, 0.4) is 0 Å². The van der Waals surface area contributed by atoms with E-state index in [4.69, 9.17) is 11.6 Å². The minimum absolute atomic E-state index is 0.0107. The molecule has 0 saturated carbocycles. The molecule has 68 valence electrons. The molecule has 1 aromatic rings. The summed E-state index contributed by atoms with van der Waals surface area (Å²) >= 11 is 7.48. The van der Waals surface area contributed by atoms with Crippen LogP contribution in [0.1, 0.15) is 36.2 Å². The van der Waals surface area contributed by atoms with Crippen molar-refractivity contribution in [2.75, 3.05) is 0 Å². The summed E-state index contributed by atoms with van der Waals surface area (Å²) in [5.41, 5.74) is 0. The van der Waals surface area contributed by atoms with Crippen LogP contribution in [0, 0.1) is 5.92 Å².